The molecular formula is C15H14N2O3. The minimum absolute atomic E-state index is 0.0494. The zero-order valence-electron chi connectivity index (χ0n) is 10.9. The number of carbonyl (C=O) groups is 2. The van der Waals surface area contributed by atoms with E-state index in [0.29, 0.717) is 17.9 Å². The van der Waals surface area contributed by atoms with Gasteiger partial charge < -0.3 is 5.11 Å². The molecule has 1 saturated carbocycles. The van der Waals surface area contributed by atoms with Crippen LogP contribution in [0.25, 0.3) is 0 Å². The molecule has 2 unspecified atom stereocenters. The number of nitrogens with zero attached hydrogens (tertiary/aromatic N) is 2. The third kappa shape index (κ3) is 2.08. The Morgan fingerprint density at radius 3 is 2.60 bits per heavy atom. The number of hydrogen-bond donors (Lipinski definition) is 1. The van der Waals surface area contributed by atoms with Gasteiger partial charge in [0.05, 0.1) is 0 Å². The molecule has 2 heterocycles. The highest BCUT2D eigenvalue weighted by Crippen LogP contribution is 2.39. The van der Waals surface area contributed by atoms with Gasteiger partial charge in [0.1, 0.15) is 18.1 Å². The molecule has 1 N–H and O–H groups in total. The molecule has 2 amide bonds. The van der Waals surface area contributed by atoms with Crippen molar-refractivity contribution in [3.63, 3.8) is 0 Å². The fourth-order valence-corrected chi connectivity index (χ4v) is 2.88. The maximum Gasteiger partial charge on any atom is 0.238 e. The van der Waals surface area contributed by atoms with Gasteiger partial charge in [0.2, 0.25) is 11.8 Å². The van der Waals surface area contributed by atoms with Crippen molar-refractivity contribution < 1.29 is 14.7 Å². The molecule has 0 spiro atoms. The standard InChI is InChI=1S/C15H14N2O3/c18-8-2-4-12-3-1-5-13(16-12)17-14(19)10-6-7-11(9-10)15(17)20/h1,3,5,10-11,18H,6-9H2. The summed E-state index contributed by atoms with van der Waals surface area (Å²) in [5.74, 6) is 5.12. The Labute approximate surface area is 116 Å². The van der Waals surface area contributed by atoms with E-state index in [1.807, 2.05) is 0 Å². The molecule has 0 aromatic carbocycles. The second kappa shape index (κ2) is 5.06. The van der Waals surface area contributed by atoms with Crippen molar-refractivity contribution in [2.24, 2.45) is 11.8 Å². The number of aromatic nitrogens is 1. The van der Waals surface area contributed by atoms with Gasteiger partial charge in [0.25, 0.3) is 0 Å². The lowest BCUT2D eigenvalue weighted by Crippen LogP contribution is -2.46. The third-order valence-corrected chi connectivity index (χ3v) is 3.83. The number of anilines is 1. The Hall–Kier alpha value is -2.19. The van der Waals surface area contributed by atoms with Gasteiger partial charge in [-0.15, -0.1) is 0 Å². The summed E-state index contributed by atoms with van der Waals surface area (Å²) in [7, 11) is 0. The van der Waals surface area contributed by atoms with Crippen molar-refractivity contribution in [3.05, 3.63) is 23.9 Å². The predicted octanol–water partition coefficient (Wildman–Crippen LogP) is 0.715. The third-order valence-electron chi connectivity index (χ3n) is 3.83. The Morgan fingerprint density at radius 2 is 1.95 bits per heavy atom. The van der Waals surface area contributed by atoms with Crippen molar-refractivity contribution in [1.82, 2.24) is 4.98 Å². The molecule has 2 aliphatic rings. The minimum atomic E-state index is -0.252. The number of piperidine rings is 1. The van der Waals surface area contributed by atoms with Crippen molar-refractivity contribution in [3.8, 4) is 11.8 Å². The number of pyridine rings is 1. The Morgan fingerprint density at radius 1 is 1.25 bits per heavy atom. The van der Waals surface area contributed by atoms with E-state index in [1.54, 1.807) is 18.2 Å². The monoisotopic (exact) mass is 270 g/mol. The molecule has 102 valence electrons. The van der Waals surface area contributed by atoms with Gasteiger partial charge in [-0.1, -0.05) is 12.0 Å². The first kappa shape index (κ1) is 12.8. The van der Waals surface area contributed by atoms with Gasteiger partial charge in [-0.05, 0) is 37.3 Å². The zero-order chi connectivity index (χ0) is 14.1. The number of carbonyl (C=O) groups excluding carboxylic acids is 2. The number of hydrogen-bond acceptors (Lipinski definition) is 4. The maximum atomic E-state index is 12.3. The first-order valence-electron chi connectivity index (χ1n) is 6.65. The second-order valence-corrected chi connectivity index (χ2v) is 5.06. The van der Waals surface area contributed by atoms with Crippen LogP contribution in [0.4, 0.5) is 5.82 Å². The number of aliphatic hydroxyl groups is 1. The quantitative estimate of drug-likeness (QED) is 0.603. The number of imide groups is 1. The van der Waals surface area contributed by atoms with Gasteiger partial charge >= 0.3 is 0 Å². The van der Waals surface area contributed by atoms with Crippen LogP contribution in [0, 0.1) is 23.7 Å². The number of aliphatic hydroxyl groups excluding tert-OH is 1. The van der Waals surface area contributed by atoms with Crippen molar-refractivity contribution >= 4 is 17.6 Å². The molecule has 3 rings (SSSR count). The van der Waals surface area contributed by atoms with Crippen molar-refractivity contribution in [2.75, 3.05) is 11.5 Å². The van der Waals surface area contributed by atoms with E-state index >= 15 is 0 Å². The number of fused-ring (bicyclic) bond motifs is 2. The minimum Gasteiger partial charge on any atom is -0.384 e. The summed E-state index contributed by atoms with van der Waals surface area (Å²) < 4.78 is 0. The second-order valence-electron chi connectivity index (χ2n) is 5.06. The fourth-order valence-electron chi connectivity index (χ4n) is 2.88. The van der Waals surface area contributed by atoms with Gasteiger partial charge in [0, 0.05) is 11.8 Å². The van der Waals surface area contributed by atoms with Crippen LogP contribution in [-0.2, 0) is 9.59 Å². The van der Waals surface area contributed by atoms with Crippen LogP contribution >= 0.6 is 0 Å². The smallest absolute Gasteiger partial charge is 0.238 e. The van der Waals surface area contributed by atoms with Gasteiger partial charge in [-0.3, -0.25) is 9.59 Å². The molecule has 1 aliphatic carbocycles. The van der Waals surface area contributed by atoms with Crippen molar-refractivity contribution in [1.29, 1.82) is 0 Å². The van der Waals surface area contributed by atoms with Crippen LogP contribution in [0.1, 0.15) is 25.0 Å². The molecule has 0 radical (unpaired) electrons. The molecule has 1 aliphatic heterocycles. The first-order valence-corrected chi connectivity index (χ1v) is 6.65. The van der Waals surface area contributed by atoms with E-state index in [-0.39, 0.29) is 30.3 Å². The fraction of sp³-hybridized carbons (Fsp3) is 0.400. The SMILES string of the molecule is O=C1C2CCC(C2)C(=O)N1c1cccc(C#CCO)n1. The first-order chi connectivity index (χ1) is 9.70. The Bertz CT molecular complexity index is 607. The van der Waals surface area contributed by atoms with Crippen LogP contribution in [0.5, 0.6) is 0 Å². The Balaban J connectivity index is 1.95. The average Bonchev–Trinajstić information content (AvgIpc) is 2.91. The van der Waals surface area contributed by atoms with Crippen LogP contribution < -0.4 is 4.90 Å². The van der Waals surface area contributed by atoms with E-state index < -0.39 is 0 Å². The summed E-state index contributed by atoms with van der Waals surface area (Å²) in [4.78, 5) is 30.1. The molecule has 2 atom stereocenters. The lowest BCUT2D eigenvalue weighted by Gasteiger charge is -2.28. The summed E-state index contributed by atoms with van der Waals surface area (Å²) in [6.45, 7) is -0.252. The van der Waals surface area contributed by atoms with Gasteiger partial charge in [-0.25, -0.2) is 9.88 Å². The molecule has 2 fully saturated rings. The van der Waals surface area contributed by atoms with Crippen LogP contribution in [-0.4, -0.2) is 28.5 Å². The lowest BCUT2D eigenvalue weighted by atomic mass is 9.97. The maximum absolute atomic E-state index is 12.3. The predicted molar refractivity (Wildman–Crippen MR) is 71.5 cm³/mol. The summed E-state index contributed by atoms with van der Waals surface area (Å²) >= 11 is 0. The number of amides is 2. The summed E-state index contributed by atoms with van der Waals surface area (Å²) in [5, 5.41) is 8.69. The van der Waals surface area contributed by atoms with Crippen LogP contribution in [0.15, 0.2) is 18.2 Å². The average molecular weight is 270 g/mol. The summed E-state index contributed by atoms with van der Waals surface area (Å²) in [5.41, 5.74) is 0.440. The molecular weight excluding hydrogens is 256 g/mol. The molecule has 1 aromatic rings. The summed E-state index contributed by atoms with van der Waals surface area (Å²) in [6.07, 6.45) is 2.25. The molecule has 20 heavy (non-hydrogen) atoms. The van der Waals surface area contributed by atoms with E-state index in [4.69, 9.17) is 5.11 Å². The molecule has 1 aromatic heterocycles. The highest BCUT2D eigenvalue weighted by molar-refractivity contribution is 6.18. The zero-order valence-corrected chi connectivity index (χ0v) is 10.9. The van der Waals surface area contributed by atoms with E-state index in [0.717, 1.165) is 12.8 Å². The number of rotatable bonds is 1. The van der Waals surface area contributed by atoms with E-state index in [1.165, 1.54) is 4.90 Å². The van der Waals surface area contributed by atoms with Crippen molar-refractivity contribution in [2.45, 2.75) is 19.3 Å². The van der Waals surface area contributed by atoms with Gasteiger partial charge in [-0.2, -0.15) is 0 Å². The normalized spacial score (nSPS) is 24.6. The molecule has 2 bridgehead atoms. The lowest BCUT2D eigenvalue weighted by molar-refractivity contribution is -0.133. The highest BCUT2D eigenvalue weighted by atomic mass is 16.2. The topological polar surface area (TPSA) is 70.5 Å². The van der Waals surface area contributed by atoms with Gasteiger partial charge in [0.15, 0.2) is 0 Å². The van der Waals surface area contributed by atoms with E-state index in [2.05, 4.69) is 16.8 Å². The van der Waals surface area contributed by atoms with Crippen LogP contribution in [0.2, 0.25) is 0 Å². The highest BCUT2D eigenvalue weighted by Gasteiger charge is 2.46. The molecule has 5 nitrogen and oxygen atoms in total. The largest absolute Gasteiger partial charge is 0.384 e. The Kier molecular flexibility index (Phi) is 3.25. The summed E-state index contributed by atoms with van der Waals surface area (Å²) in [6, 6.07) is 5.03. The molecule has 1 saturated heterocycles. The van der Waals surface area contributed by atoms with E-state index in [9.17, 15) is 9.59 Å². The molecule has 5 heteroatoms. The van der Waals surface area contributed by atoms with Crippen LogP contribution in [0.3, 0.4) is 0 Å².